The van der Waals surface area contributed by atoms with Crippen molar-refractivity contribution in [1.82, 2.24) is 0 Å². The number of rotatable bonds is 4. The van der Waals surface area contributed by atoms with Crippen molar-refractivity contribution in [3.8, 4) is 0 Å². The molecule has 0 fully saturated rings. The molecule has 0 rings (SSSR count). The summed E-state index contributed by atoms with van der Waals surface area (Å²) in [7, 11) is 0. The van der Waals surface area contributed by atoms with Gasteiger partial charge in [0.2, 0.25) is 0 Å². The quantitative estimate of drug-likeness (QED) is 0.466. The lowest BCUT2D eigenvalue weighted by Gasteiger charge is -1.87. The fourth-order valence-electron chi connectivity index (χ4n) is 0.437. The van der Waals surface area contributed by atoms with Crippen molar-refractivity contribution in [3.63, 3.8) is 0 Å². The minimum atomic E-state index is -0.633. The Morgan fingerprint density at radius 2 is 1.44 bits per heavy atom. The molecule has 0 aliphatic heterocycles. The zero-order valence-corrected chi connectivity index (χ0v) is 6.51. The lowest BCUT2D eigenvalue weighted by atomic mass is 10.7. The van der Waals surface area contributed by atoms with Gasteiger partial charge in [-0.1, -0.05) is 9.10 Å². The Labute approximate surface area is 62.7 Å². The average molecular weight is 140 g/mol. The third-order valence-electron chi connectivity index (χ3n) is 0.846. The molecule has 4 nitrogen and oxygen atoms in total. The van der Waals surface area contributed by atoms with Crippen LogP contribution in [0, 0.1) is 0 Å². The average Bonchev–Trinajstić information content (AvgIpc) is 1.63. The van der Waals surface area contributed by atoms with Crippen LogP contribution < -0.4 is 11.5 Å². The van der Waals surface area contributed by atoms with Gasteiger partial charge < -0.3 is 11.5 Å². The van der Waals surface area contributed by atoms with Crippen LogP contribution in [0.15, 0.2) is 0 Å². The van der Waals surface area contributed by atoms with Crippen LogP contribution in [0.25, 0.3) is 0 Å². The highest BCUT2D eigenvalue weighted by Gasteiger charge is 2.02. The van der Waals surface area contributed by atoms with E-state index in [0.29, 0.717) is 9.10 Å². The Bertz CT molecular complexity index is 112. The largest absolute Gasteiger partial charge is 0.392 e. The molecule has 0 spiro atoms. The highest BCUT2D eigenvalue weighted by molar-refractivity contribution is 6.45. The van der Waals surface area contributed by atoms with Gasteiger partial charge in [0.05, 0.1) is 0 Å². The van der Waals surface area contributed by atoms with Crippen molar-refractivity contribution in [3.05, 3.63) is 0 Å². The summed E-state index contributed by atoms with van der Waals surface area (Å²) in [5.41, 5.74) is 9.64. The number of amides is 2. The molecule has 0 aliphatic carbocycles. The van der Waals surface area contributed by atoms with E-state index in [1.807, 2.05) is 0 Å². The van der Waals surface area contributed by atoms with Crippen molar-refractivity contribution in [1.29, 1.82) is 0 Å². The summed E-state index contributed by atoms with van der Waals surface area (Å²) in [5.74, 6) is -0.661. The van der Waals surface area contributed by atoms with Gasteiger partial charge in [-0.15, -0.1) is 0 Å². The predicted octanol–water partition coefficient (Wildman–Crippen LogP) is -1.50. The van der Waals surface area contributed by atoms with E-state index in [9.17, 15) is 9.59 Å². The van der Waals surface area contributed by atoms with Gasteiger partial charge in [0.25, 0.3) is 0 Å². The van der Waals surface area contributed by atoms with Crippen LogP contribution in [-0.2, 0) is 9.59 Å². The van der Waals surface area contributed by atoms with E-state index in [-0.39, 0.29) is 11.8 Å². The predicted molar refractivity (Wildman–Crippen MR) is 33.8 cm³/mol. The Morgan fingerprint density at radius 1 is 1.11 bits per heavy atom. The molecule has 48 valence electrons. The molecule has 0 atom stereocenters. The highest BCUT2D eigenvalue weighted by Crippen LogP contribution is 1.81. The Kier molecular flexibility index (Phi) is 4.42. The number of hydrogen-bond donors (Lipinski definition) is 2. The molecular formula is C4H8MgN2O2. The van der Waals surface area contributed by atoms with E-state index in [0.717, 1.165) is 0 Å². The first-order valence-corrected chi connectivity index (χ1v) is 4.69. The molecule has 0 aromatic heterocycles. The van der Waals surface area contributed by atoms with Crippen molar-refractivity contribution in [2.45, 2.75) is 9.10 Å². The standard InChI is InChI=1S/2C2H4NO.Mg/c2*1-2(3)4;/h2*1H2,(H2,3,4);. The van der Waals surface area contributed by atoms with Crippen LogP contribution in [0.3, 0.4) is 0 Å². The molecule has 4 N–H and O–H groups in total. The Morgan fingerprint density at radius 3 is 1.67 bits per heavy atom. The van der Waals surface area contributed by atoms with Crippen molar-refractivity contribution >= 4 is 32.2 Å². The maximum absolute atomic E-state index is 10.1. The fraction of sp³-hybridized carbons (Fsp3) is 0.500. The molecule has 0 aromatic carbocycles. The monoisotopic (exact) mass is 140 g/mol. The smallest absolute Gasteiger partial charge is 0.372 e. The van der Waals surface area contributed by atoms with Gasteiger partial charge in [-0.2, -0.15) is 0 Å². The molecule has 0 radical (unpaired) electrons. The van der Waals surface area contributed by atoms with Gasteiger partial charge in [-0.3, -0.25) is 9.59 Å². The molecule has 0 aromatic rings. The van der Waals surface area contributed by atoms with Gasteiger partial charge in [-0.05, 0) is 0 Å². The second-order valence-corrected chi connectivity index (χ2v) is 3.49. The number of carbonyl (C=O) groups excluding carboxylic acids is 2. The van der Waals surface area contributed by atoms with Crippen LogP contribution in [0.4, 0.5) is 0 Å². The number of hydrogen-bond acceptors (Lipinski definition) is 2. The van der Waals surface area contributed by atoms with Crippen LogP contribution in [0.2, 0.25) is 9.10 Å². The Balaban J connectivity index is 3.10. The van der Waals surface area contributed by atoms with E-state index in [4.69, 9.17) is 11.5 Å². The van der Waals surface area contributed by atoms with Gasteiger partial charge >= 0.3 is 20.4 Å². The molecule has 2 amide bonds. The van der Waals surface area contributed by atoms with E-state index in [2.05, 4.69) is 0 Å². The topological polar surface area (TPSA) is 86.2 Å². The summed E-state index contributed by atoms with van der Waals surface area (Å²) in [6.07, 6.45) is 0. The van der Waals surface area contributed by atoms with Gasteiger partial charge in [0.15, 0.2) is 11.8 Å². The maximum Gasteiger partial charge on any atom is 0.392 e. The van der Waals surface area contributed by atoms with Crippen LogP contribution in [0.5, 0.6) is 0 Å². The summed E-state index contributed by atoms with van der Waals surface area (Å²) >= 11 is -0.633. The number of carbonyl (C=O) groups is 2. The van der Waals surface area contributed by atoms with Crippen LogP contribution >= 0.6 is 0 Å². The highest BCUT2D eigenvalue weighted by atomic mass is 24.5. The van der Waals surface area contributed by atoms with Crippen molar-refractivity contribution in [2.75, 3.05) is 0 Å². The zero-order valence-electron chi connectivity index (χ0n) is 5.09. The molecular weight excluding hydrogens is 132 g/mol. The van der Waals surface area contributed by atoms with Gasteiger partial charge in [-0.25, -0.2) is 0 Å². The summed E-state index contributed by atoms with van der Waals surface area (Å²) in [6, 6.07) is 0. The summed E-state index contributed by atoms with van der Waals surface area (Å²) in [5, 5.41) is 0. The van der Waals surface area contributed by atoms with E-state index in [1.165, 1.54) is 0 Å². The summed E-state index contributed by atoms with van der Waals surface area (Å²) in [6.45, 7) is 0. The molecule has 0 bridgehead atoms. The first-order valence-electron chi connectivity index (χ1n) is 2.69. The summed E-state index contributed by atoms with van der Waals surface area (Å²) < 4.78 is 0.756. The third kappa shape index (κ3) is 7.71. The molecule has 5 heteroatoms. The van der Waals surface area contributed by atoms with Crippen molar-refractivity contribution < 1.29 is 9.59 Å². The Hall–Kier alpha value is -0.294. The third-order valence-corrected chi connectivity index (χ3v) is 2.54. The minimum absolute atomic E-state index is 0.331. The summed E-state index contributed by atoms with van der Waals surface area (Å²) in [4.78, 5) is 20.2. The SMILES string of the molecule is NC(=O)[CH2][Mg][CH2]C(N)=O. The lowest BCUT2D eigenvalue weighted by molar-refractivity contribution is -0.116. The molecule has 0 saturated heterocycles. The van der Waals surface area contributed by atoms with Crippen molar-refractivity contribution in [2.24, 2.45) is 11.5 Å². The number of primary amides is 2. The van der Waals surface area contributed by atoms with Crippen LogP contribution in [0.1, 0.15) is 0 Å². The first-order chi connectivity index (χ1) is 4.13. The number of nitrogens with two attached hydrogens (primary N) is 2. The fourth-order valence-corrected chi connectivity index (χ4v) is 1.31. The second-order valence-electron chi connectivity index (χ2n) is 1.79. The van der Waals surface area contributed by atoms with E-state index >= 15 is 0 Å². The normalized spacial score (nSPS) is 8.00. The zero-order chi connectivity index (χ0) is 7.28. The molecule has 0 aliphatic rings. The molecule has 0 saturated carbocycles. The molecule has 0 unspecified atom stereocenters. The van der Waals surface area contributed by atoms with Gasteiger partial charge in [0, 0.05) is 0 Å². The van der Waals surface area contributed by atoms with Crippen LogP contribution in [-0.4, -0.2) is 32.2 Å². The van der Waals surface area contributed by atoms with E-state index in [1.54, 1.807) is 0 Å². The molecule has 9 heavy (non-hydrogen) atoms. The molecule has 0 heterocycles. The second kappa shape index (κ2) is 4.57. The van der Waals surface area contributed by atoms with E-state index < -0.39 is 20.4 Å². The minimum Gasteiger partial charge on any atom is -0.372 e. The van der Waals surface area contributed by atoms with Gasteiger partial charge in [0.1, 0.15) is 0 Å². The first kappa shape index (κ1) is 8.71. The maximum atomic E-state index is 10.1. The lowest BCUT2D eigenvalue weighted by Crippen LogP contribution is -2.17.